The highest BCUT2D eigenvalue weighted by atomic mass is 32.2. The first-order valence-corrected chi connectivity index (χ1v) is 10.9. The van der Waals surface area contributed by atoms with Crippen LogP contribution in [-0.4, -0.2) is 43.5 Å². The fraction of sp³-hybridized carbons (Fsp3) is 0.250. The zero-order valence-electron chi connectivity index (χ0n) is 15.9. The molecule has 30 heavy (non-hydrogen) atoms. The number of anilines is 1. The predicted octanol–water partition coefficient (Wildman–Crippen LogP) is 2.23. The summed E-state index contributed by atoms with van der Waals surface area (Å²) in [6, 6.07) is 13.4. The Morgan fingerprint density at radius 1 is 1.00 bits per heavy atom. The number of amides is 1. The van der Waals surface area contributed by atoms with Gasteiger partial charge in [-0.2, -0.15) is 0 Å². The Bertz CT molecular complexity index is 1140. The number of ether oxygens (including phenoxy) is 2. The molecular weight excluding hydrogens is 410 g/mol. The van der Waals surface area contributed by atoms with Gasteiger partial charge in [0, 0.05) is 6.42 Å². The van der Waals surface area contributed by atoms with Gasteiger partial charge in [0.05, 0.1) is 17.1 Å². The van der Waals surface area contributed by atoms with Crippen LogP contribution in [0.4, 0.5) is 6.01 Å². The number of hydrogen-bond donors (Lipinski definition) is 1. The number of nitrogens with one attached hydrogen (secondary N) is 1. The van der Waals surface area contributed by atoms with Gasteiger partial charge in [0.15, 0.2) is 21.3 Å². The van der Waals surface area contributed by atoms with E-state index in [1.165, 1.54) is 12.1 Å². The molecule has 0 atom stereocenters. The van der Waals surface area contributed by atoms with Gasteiger partial charge in [-0.25, -0.2) is 8.42 Å². The average molecular weight is 429 g/mol. The summed E-state index contributed by atoms with van der Waals surface area (Å²) >= 11 is 0. The molecule has 1 N–H and O–H groups in total. The fourth-order valence-electron chi connectivity index (χ4n) is 2.90. The molecule has 9 nitrogen and oxygen atoms in total. The number of fused-ring (bicyclic) bond motifs is 1. The molecule has 0 aliphatic carbocycles. The number of carbonyl (C=O) groups excluding carboxylic acids is 1. The van der Waals surface area contributed by atoms with Crippen LogP contribution in [0.15, 0.2) is 57.8 Å². The molecule has 1 aromatic heterocycles. The van der Waals surface area contributed by atoms with Gasteiger partial charge in [0.25, 0.3) is 0 Å². The van der Waals surface area contributed by atoms with E-state index >= 15 is 0 Å². The lowest BCUT2D eigenvalue weighted by Gasteiger charge is -2.18. The maximum absolute atomic E-state index is 12.2. The Labute approximate surface area is 172 Å². The normalized spacial score (nSPS) is 13.1. The molecule has 1 aliphatic heterocycles. The lowest BCUT2D eigenvalue weighted by molar-refractivity contribution is -0.116. The van der Waals surface area contributed by atoms with E-state index in [0.717, 1.165) is 5.56 Å². The number of nitrogens with zero attached hydrogens (tertiary/aromatic N) is 2. The molecule has 156 valence electrons. The molecule has 0 unspecified atom stereocenters. The van der Waals surface area contributed by atoms with E-state index in [4.69, 9.17) is 13.9 Å². The van der Waals surface area contributed by atoms with Crippen molar-refractivity contribution in [2.75, 3.05) is 24.3 Å². The van der Waals surface area contributed by atoms with Crippen molar-refractivity contribution >= 4 is 21.8 Å². The lowest BCUT2D eigenvalue weighted by Crippen LogP contribution is -2.17. The van der Waals surface area contributed by atoms with E-state index in [1.807, 2.05) is 18.2 Å². The second kappa shape index (κ2) is 8.54. The van der Waals surface area contributed by atoms with Gasteiger partial charge in [0.2, 0.25) is 11.8 Å². The van der Waals surface area contributed by atoms with Crippen molar-refractivity contribution in [2.45, 2.75) is 17.7 Å². The minimum Gasteiger partial charge on any atom is -0.486 e. The molecule has 0 saturated heterocycles. The molecule has 4 rings (SSSR count). The number of sulfone groups is 1. The van der Waals surface area contributed by atoms with E-state index in [1.54, 1.807) is 18.2 Å². The number of aromatic nitrogens is 2. The SMILES string of the molecule is O=C(CCS(=O)(=O)c1ccccc1)Nc1nnc(Cc2ccc3c(c2)OCCO3)o1. The molecule has 2 heterocycles. The minimum atomic E-state index is -3.54. The maximum atomic E-state index is 12.2. The molecular formula is C20H19N3O6S. The Balaban J connectivity index is 1.32. The van der Waals surface area contributed by atoms with Crippen molar-refractivity contribution in [1.29, 1.82) is 0 Å². The first kappa shape index (κ1) is 19.9. The maximum Gasteiger partial charge on any atom is 0.322 e. The standard InChI is InChI=1S/C20H19N3O6S/c24-18(8-11-30(25,26)15-4-2-1-3-5-15)21-20-23-22-19(29-20)13-14-6-7-16-17(12-14)28-10-9-27-16/h1-7,12H,8-11,13H2,(H,21,23,24). The highest BCUT2D eigenvalue weighted by Gasteiger charge is 2.18. The zero-order chi connectivity index (χ0) is 21.0. The van der Waals surface area contributed by atoms with Gasteiger partial charge in [-0.1, -0.05) is 29.4 Å². The summed E-state index contributed by atoms with van der Waals surface area (Å²) in [7, 11) is -3.54. The van der Waals surface area contributed by atoms with Crippen LogP contribution in [0.25, 0.3) is 0 Å². The van der Waals surface area contributed by atoms with Crippen molar-refractivity contribution in [1.82, 2.24) is 10.2 Å². The monoisotopic (exact) mass is 429 g/mol. The van der Waals surface area contributed by atoms with E-state index < -0.39 is 15.7 Å². The zero-order valence-corrected chi connectivity index (χ0v) is 16.7. The van der Waals surface area contributed by atoms with Gasteiger partial charge in [-0.3, -0.25) is 10.1 Å². The van der Waals surface area contributed by atoms with Crippen LogP contribution >= 0.6 is 0 Å². The highest BCUT2D eigenvalue weighted by molar-refractivity contribution is 7.91. The van der Waals surface area contributed by atoms with Crippen molar-refractivity contribution in [3.63, 3.8) is 0 Å². The summed E-state index contributed by atoms with van der Waals surface area (Å²) in [5.41, 5.74) is 0.884. The van der Waals surface area contributed by atoms with Crippen LogP contribution in [0.5, 0.6) is 11.5 Å². The third-order valence-electron chi connectivity index (χ3n) is 4.38. The lowest BCUT2D eigenvalue weighted by atomic mass is 10.1. The number of benzene rings is 2. The predicted molar refractivity (Wildman–Crippen MR) is 106 cm³/mol. The Kier molecular flexibility index (Phi) is 5.66. The van der Waals surface area contributed by atoms with Crippen LogP contribution in [0, 0.1) is 0 Å². The summed E-state index contributed by atoms with van der Waals surface area (Å²) in [6.45, 7) is 1.01. The highest BCUT2D eigenvalue weighted by Crippen LogP contribution is 2.31. The first-order chi connectivity index (χ1) is 14.5. The molecule has 0 spiro atoms. The van der Waals surface area contributed by atoms with E-state index in [0.29, 0.717) is 37.0 Å². The van der Waals surface area contributed by atoms with Crippen molar-refractivity contribution < 1.29 is 27.1 Å². The van der Waals surface area contributed by atoms with Crippen LogP contribution in [0.2, 0.25) is 0 Å². The van der Waals surface area contributed by atoms with Crippen molar-refractivity contribution in [3.8, 4) is 11.5 Å². The largest absolute Gasteiger partial charge is 0.486 e. The van der Waals surface area contributed by atoms with Crippen LogP contribution in [0.1, 0.15) is 17.9 Å². The summed E-state index contributed by atoms with van der Waals surface area (Å²) in [5.74, 6) is 0.810. The van der Waals surface area contributed by atoms with E-state index in [-0.39, 0.29) is 23.1 Å². The molecule has 10 heteroatoms. The number of carbonyl (C=O) groups is 1. The quantitative estimate of drug-likeness (QED) is 0.607. The topological polar surface area (TPSA) is 121 Å². The third-order valence-corrected chi connectivity index (χ3v) is 6.11. The van der Waals surface area contributed by atoms with Gasteiger partial charge in [0.1, 0.15) is 13.2 Å². The average Bonchev–Trinajstić information content (AvgIpc) is 3.19. The third kappa shape index (κ3) is 4.77. The fourth-order valence-corrected chi connectivity index (χ4v) is 4.16. The Morgan fingerprint density at radius 2 is 1.77 bits per heavy atom. The molecule has 1 aliphatic rings. The Morgan fingerprint density at radius 3 is 2.57 bits per heavy atom. The molecule has 0 saturated carbocycles. The van der Waals surface area contributed by atoms with Crippen LogP contribution < -0.4 is 14.8 Å². The Hall–Kier alpha value is -3.40. The summed E-state index contributed by atoms with van der Waals surface area (Å²) in [5, 5.41) is 10.1. The van der Waals surface area contributed by atoms with E-state index in [9.17, 15) is 13.2 Å². The molecule has 0 fully saturated rings. The molecule has 2 aromatic carbocycles. The second-order valence-corrected chi connectivity index (χ2v) is 8.69. The van der Waals surface area contributed by atoms with Gasteiger partial charge in [-0.15, -0.1) is 5.10 Å². The summed E-state index contributed by atoms with van der Waals surface area (Å²) in [4.78, 5) is 12.3. The van der Waals surface area contributed by atoms with E-state index in [2.05, 4.69) is 15.5 Å². The van der Waals surface area contributed by atoms with Crippen molar-refractivity contribution in [3.05, 3.63) is 60.0 Å². The van der Waals surface area contributed by atoms with Crippen LogP contribution in [-0.2, 0) is 21.1 Å². The molecule has 1 amide bonds. The van der Waals surface area contributed by atoms with Gasteiger partial charge < -0.3 is 13.9 Å². The first-order valence-electron chi connectivity index (χ1n) is 9.28. The van der Waals surface area contributed by atoms with Gasteiger partial charge >= 0.3 is 6.01 Å². The van der Waals surface area contributed by atoms with Gasteiger partial charge in [-0.05, 0) is 29.8 Å². The van der Waals surface area contributed by atoms with Crippen molar-refractivity contribution in [2.24, 2.45) is 0 Å². The smallest absolute Gasteiger partial charge is 0.322 e. The molecule has 0 radical (unpaired) electrons. The van der Waals surface area contributed by atoms with Crippen LogP contribution in [0.3, 0.4) is 0 Å². The molecule has 0 bridgehead atoms. The minimum absolute atomic E-state index is 0.0790. The second-order valence-electron chi connectivity index (χ2n) is 6.59. The molecule has 3 aromatic rings. The number of rotatable bonds is 7. The summed E-state index contributed by atoms with van der Waals surface area (Å²) in [6.07, 6.45) is 0.124. The number of hydrogen-bond acceptors (Lipinski definition) is 8. The summed E-state index contributed by atoms with van der Waals surface area (Å²) < 4.78 is 41.0.